The number of hydrogen-bond donors (Lipinski definition) is 4. The van der Waals surface area contributed by atoms with Crippen LogP contribution in [0.1, 0.15) is 19.8 Å². The number of hydrogen-bond acceptors (Lipinski definition) is 7. The first-order valence-electron chi connectivity index (χ1n) is 6.80. The summed E-state index contributed by atoms with van der Waals surface area (Å²) in [6.45, 7) is 2.00. The highest BCUT2D eigenvalue weighted by Crippen LogP contribution is 2.36. The number of nitrogens with one attached hydrogen (secondary N) is 2. The lowest BCUT2D eigenvalue weighted by atomic mass is 9.94. The molecule has 2 aliphatic heterocycles. The van der Waals surface area contributed by atoms with Gasteiger partial charge in [0.05, 0.1) is 0 Å². The molecule has 1 saturated heterocycles. The number of amidine groups is 1. The van der Waals surface area contributed by atoms with Gasteiger partial charge in [0.2, 0.25) is 0 Å². The van der Waals surface area contributed by atoms with E-state index in [-0.39, 0.29) is 17.5 Å². The summed E-state index contributed by atoms with van der Waals surface area (Å²) in [5.41, 5.74) is -0.214. The van der Waals surface area contributed by atoms with E-state index >= 15 is 0 Å². The Hall–Kier alpha value is -0.340. The normalized spacial score (nSPS) is 43.6. The van der Waals surface area contributed by atoms with E-state index in [2.05, 4.69) is 15.6 Å². The first-order valence-corrected chi connectivity index (χ1v) is 7.68. The molecule has 7 heteroatoms. The topological polar surface area (TPSA) is 86.1 Å². The van der Waals surface area contributed by atoms with Crippen molar-refractivity contribution in [2.24, 2.45) is 4.99 Å². The molecular weight excluding hydrogens is 266 g/mol. The minimum absolute atomic E-state index is 0.0253. The number of thioether (sulfide) groups is 1. The molecule has 1 unspecified atom stereocenters. The van der Waals surface area contributed by atoms with Gasteiger partial charge in [0.15, 0.2) is 5.17 Å². The quantitative estimate of drug-likeness (QED) is 0.547. The predicted octanol–water partition coefficient (Wildman–Crippen LogP) is -0.736. The van der Waals surface area contributed by atoms with Crippen LogP contribution in [0, 0.1) is 0 Å². The Morgan fingerprint density at radius 1 is 1.37 bits per heavy atom. The Labute approximate surface area is 117 Å². The van der Waals surface area contributed by atoms with Gasteiger partial charge in [-0.3, -0.25) is 4.99 Å². The molecule has 0 aromatic carbocycles. The highest BCUT2D eigenvalue weighted by atomic mass is 32.2. The van der Waals surface area contributed by atoms with Crippen molar-refractivity contribution < 1.29 is 14.9 Å². The number of fused-ring (bicyclic) bond motifs is 1. The lowest BCUT2D eigenvalue weighted by Gasteiger charge is -2.41. The molecule has 2 fully saturated rings. The van der Waals surface area contributed by atoms with Crippen LogP contribution in [0.25, 0.3) is 0 Å². The first kappa shape index (κ1) is 13.6. The molecule has 0 bridgehead atoms. The first-order chi connectivity index (χ1) is 9.10. The standard InChI is InChI=1S/C12H21N3O3S/c1-5(14-6-3-4-6)10-9(17)8(16)7-11(18-10)19-12(13-2)15-7/h5-11,14,16-17H,3-4H2,1-2H3,(H,13,15)/t5?,7-,8-,9+,10+,11-/m1/s1. The molecule has 2 heterocycles. The smallest absolute Gasteiger partial charge is 0.159 e. The molecule has 0 amide bonds. The molecule has 1 saturated carbocycles. The Bertz CT molecular complexity index is 377. The molecular formula is C12H21N3O3S. The molecule has 3 aliphatic rings. The lowest BCUT2D eigenvalue weighted by molar-refractivity contribution is -0.161. The van der Waals surface area contributed by atoms with E-state index in [0.29, 0.717) is 6.04 Å². The van der Waals surface area contributed by atoms with Crippen LogP contribution in [0.5, 0.6) is 0 Å². The summed E-state index contributed by atoms with van der Waals surface area (Å²) in [4.78, 5) is 4.34. The lowest BCUT2D eigenvalue weighted by Crippen LogP contribution is -2.60. The van der Waals surface area contributed by atoms with Crippen LogP contribution in [-0.4, -0.2) is 64.3 Å². The molecule has 1 aliphatic carbocycles. The van der Waals surface area contributed by atoms with Gasteiger partial charge in [0, 0.05) is 19.1 Å². The summed E-state index contributed by atoms with van der Waals surface area (Å²) in [5.74, 6) is 0. The van der Waals surface area contributed by atoms with Gasteiger partial charge < -0.3 is 25.6 Å². The van der Waals surface area contributed by atoms with Crippen molar-refractivity contribution in [3.8, 4) is 0 Å². The number of aliphatic hydroxyl groups is 2. The molecule has 0 radical (unpaired) electrons. The summed E-state index contributed by atoms with van der Waals surface area (Å²) >= 11 is 1.47. The zero-order chi connectivity index (χ0) is 13.6. The van der Waals surface area contributed by atoms with E-state index in [1.165, 1.54) is 24.6 Å². The third-order valence-electron chi connectivity index (χ3n) is 3.88. The average molecular weight is 287 g/mol. The van der Waals surface area contributed by atoms with Gasteiger partial charge >= 0.3 is 0 Å². The number of nitrogens with zero attached hydrogens (tertiary/aromatic N) is 1. The van der Waals surface area contributed by atoms with Crippen LogP contribution in [0.2, 0.25) is 0 Å². The zero-order valence-electron chi connectivity index (χ0n) is 11.1. The van der Waals surface area contributed by atoms with E-state index < -0.39 is 18.3 Å². The van der Waals surface area contributed by atoms with Crippen LogP contribution in [0.3, 0.4) is 0 Å². The maximum absolute atomic E-state index is 10.2. The van der Waals surface area contributed by atoms with E-state index in [1.54, 1.807) is 7.05 Å². The Kier molecular flexibility index (Phi) is 3.74. The maximum Gasteiger partial charge on any atom is 0.159 e. The van der Waals surface area contributed by atoms with Gasteiger partial charge in [-0.1, -0.05) is 11.8 Å². The van der Waals surface area contributed by atoms with Gasteiger partial charge in [0.1, 0.15) is 29.8 Å². The van der Waals surface area contributed by atoms with Gasteiger partial charge in [-0.05, 0) is 19.8 Å². The monoisotopic (exact) mass is 287 g/mol. The number of aliphatic hydroxyl groups excluding tert-OH is 2. The molecule has 108 valence electrons. The molecule has 6 nitrogen and oxygen atoms in total. The third-order valence-corrected chi connectivity index (χ3v) is 5.04. The predicted molar refractivity (Wildman–Crippen MR) is 74.2 cm³/mol. The van der Waals surface area contributed by atoms with E-state index in [4.69, 9.17) is 4.74 Å². The van der Waals surface area contributed by atoms with Gasteiger partial charge in [-0.15, -0.1) is 0 Å². The van der Waals surface area contributed by atoms with Gasteiger partial charge in [-0.2, -0.15) is 0 Å². The van der Waals surface area contributed by atoms with Crippen molar-refractivity contribution in [1.82, 2.24) is 10.6 Å². The summed E-state index contributed by atoms with van der Waals surface area (Å²) in [7, 11) is 1.79. The summed E-state index contributed by atoms with van der Waals surface area (Å²) in [6, 6.07) is 0.185. The molecule has 6 atom stereocenters. The largest absolute Gasteiger partial charge is 0.388 e. The minimum atomic E-state index is -0.900. The van der Waals surface area contributed by atoms with E-state index in [9.17, 15) is 10.2 Å². The van der Waals surface area contributed by atoms with Crippen molar-refractivity contribution >= 4 is 16.9 Å². The minimum Gasteiger partial charge on any atom is -0.388 e. The van der Waals surface area contributed by atoms with Crippen LogP contribution in [0.15, 0.2) is 4.99 Å². The number of aliphatic imine (C=N–C) groups is 1. The molecule has 0 spiro atoms. The Balaban J connectivity index is 1.68. The van der Waals surface area contributed by atoms with Crippen molar-refractivity contribution in [2.45, 2.75) is 61.6 Å². The van der Waals surface area contributed by atoms with Crippen molar-refractivity contribution in [3.05, 3.63) is 0 Å². The molecule has 0 aromatic rings. The molecule has 4 N–H and O–H groups in total. The van der Waals surface area contributed by atoms with Gasteiger partial charge in [0.25, 0.3) is 0 Å². The Morgan fingerprint density at radius 3 is 2.74 bits per heavy atom. The second-order valence-corrected chi connectivity index (χ2v) is 6.56. The van der Waals surface area contributed by atoms with Crippen LogP contribution < -0.4 is 10.6 Å². The molecule has 19 heavy (non-hydrogen) atoms. The highest BCUT2D eigenvalue weighted by Gasteiger charge is 2.49. The summed E-state index contributed by atoms with van der Waals surface area (Å²) < 4.78 is 5.95. The summed E-state index contributed by atoms with van der Waals surface area (Å²) in [5, 5.41) is 27.6. The highest BCUT2D eigenvalue weighted by molar-refractivity contribution is 8.14. The number of rotatable bonds is 3. The second-order valence-electron chi connectivity index (χ2n) is 5.47. The van der Waals surface area contributed by atoms with Crippen LogP contribution in [-0.2, 0) is 4.74 Å². The van der Waals surface area contributed by atoms with Crippen molar-refractivity contribution in [1.29, 1.82) is 0 Å². The molecule has 0 aromatic heterocycles. The fraction of sp³-hybridized carbons (Fsp3) is 0.917. The SMILES string of the molecule is CNC1=N[C@@H]2[C@@H](O)[C@H](O)[C@H](C(C)NC3CC3)O[C@@H]2S1. The van der Waals surface area contributed by atoms with Crippen molar-refractivity contribution in [3.63, 3.8) is 0 Å². The van der Waals surface area contributed by atoms with Crippen molar-refractivity contribution in [2.75, 3.05) is 7.05 Å². The summed E-state index contributed by atoms with van der Waals surface area (Å²) in [6.07, 6.45) is 0.205. The maximum atomic E-state index is 10.2. The van der Waals surface area contributed by atoms with Crippen LogP contribution in [0.4, 0.5) is 0 Å². The zero-order valence-corrected chi connectivity index (χ0v) is 11.9. The van der Waals surface area contributed by atoms with Gasteiger partial charge in [-0.25, -0.2) is 0 Å². The average Bonchev–Trinajstić information content (AvgIpc) is 3.10. The van der Waals surface area contributed by atoms with E-state index in [1.807, 2.05) is 6.92 Å². The number of ether oxygens (including phenoxy) is 1. The molecule has 3 rings (SSSR count). The third kappa shape index (κ3) is 2.62. The fourth-order valence-electron chi connectivity index (χ4n) is 2.64. The van der Waals surface area contributed by atoms with Crippen LogP contribution >= 0.6 is 11.8 Å². The Morgan fingerprint density at radius 2 is 2.11 bits per heavy atom. The fourth-order valence-corrected chi connectivity index (χ4v) is 3.70. The van der Waals surface area contributed by atoms with E-state index in [0.717, 1.165) is 5.17 Å². The second kappa shape index (κ2) is 5.21.